The Morgan fingerprint density at radius 1 is 1.24 bits per heavy atom. The van der Waals surface area contributed by atoms with Crippen LogP contribution in [0.15, 0.2) is 42.7 Å². The van der Waals surface area contributed by atoms with Crippen LogP contribution in [-0.2, 0) is 0 Å². The third-order valence-corrected chi connectivity index (χ3v) is 2.94. The van der Waals surface area contributed by atoms with Crippen LogP contribution >= 0.6 is 0 Å². The van der Waals surface area contributed by atoms with E-state index in [1.807, 2.05) is 0 Å². The predicted octanol–water partition coefficient (Wildman–Crippen LogP) is 2.12. The average molecular weight is 283 g/mol. The molecule has 2 aromatic heterocycles. The molecule has 104 valence electrons. The van der Waals surface area contributed by atoms with Gasteiger partial charge in [0.05, 0.1) is 22.2 Å². The van der Waals surface area contributed by atoms with Gasteiger partial charge < -0.3 is 5.32 Å². The van der Waals surface area contributed by atoms with E-state index in [-0.39, 0.29) is 11.6 Å². The van der Waals surface area contributed by atoms with E-state index in [1.165, 1.54) is 24.3 Å². The monoisotopic (exact) mass is 283 g/mol. The van der Waals surface area contributed by atoms with Crippen molar-refractivity contribution in [2.45, 2.75) is 0 Å². The number of nitro benzene ring substituents is 1. The Kier molecular flexibility index (Phi) is 3.03. The molecular formula is C13H9N5O3. The summed E-state index contributed by atoms with van der Waals surface area (Å²) >= 11 is 0. The Bertz CT molecular complexity index is 825. The molecule has 2 N–H and O–H groups in total. The van der Waals surface area contributed by atoms with Crippen molar-refractivity contribution in [3.05, 3.63) is 58.4 Å². The van der Waals surface area contributed by atoms with E-state index in [0.29, 0.717) is 22.3 Å². The zero-order valence-electron chi connectivity index (χ0n) is 10.6. The second-order valence-corrected chi connectivity index (χ2v) is 4.25. The van der Waals surface area contributed by atoms with Crippen LogP contribution < -0.4 is 5.32 Å². The lowest BCUT2D eigenvalue weighted by Gasteiger charge is -2.05. The second-order valence-electron chi connectivity index (χ2n) is 4.25. The topological polar surface area (TPSA) is 114 Å². The fraction of sp³-hybridized carbons (Fsp3) is 0. The minimum atomic E-state index is -0.514. The van der Waals surface area contributed by atoms with Crippen molar-refractivity contribution in [3.8, 4) is 0 Å². The standard InChI is InChI=1S/C13H9N5O3/c19-13(8-1-3-9(4-2-8)18(20)21)16-11-5-6-14-12-10(11)7-15-17-12/h1-7H,(H2,14,15,16,17,19). The lowest BCUT2D eigenvalue weighted by Crippen LogP contribution is -2.12. The summed E-state index contributed by atoms with van der Waals surface area (Å²) in [5, 5.41) is 20.6. The van der Waals surface area contributed by atoms with Crippen molar-refractivity contribution >= 4 is 28.3 Å². The number of pyridine rings is 1. The van der Waals surface area contributed by atoms with Gasteiger partial charge >= 0.3 is 0 Å². The maximum Gasteiger partial charge on any atom is 0.269 e. The van der Waals surface area contributed by atoms with Crippen molar-refractivity contribution in [2.24, 2.45) is 0 Å². The Balaban J connectivity index is 1.86. The second kappa shape index (κ2) is 5.00. The molecule has 8 heteroatoms. The van der Waals surface area contributed by atoms with Gasteiger partial charge in [-0.05, 0) is 18.2 Å². The highest BCUT2D eigenvalue weighted by molar-refractivity contribution is 6.08. The first-order valence-electron chi connectivity index (χ1n) is 5.99. The fourth-order valence-corrected chi connectivity index (χ4v) is 1.89. The van der Waals surface area contributed by atoms with Gasteiger partial charge in [0.1, 0.15) is 0 Å². The lowest BCUT2D eigenvalue weighted by atomic mass is 10.2. The van der Waals surface area contributed by atoms with Crippen LogP contribution in [0.1, 0.15) is 10.4 Å². The van der Waals surface area contributed by atoms with Gasteiger partial charge in [0.15, 0.2) is 5.65 Å². The molecule has 0 unspecified atom stereocenters. The highest BCUT2D eigenvalue weighted by Gasteiger charge is 2.11. The minimum Gasteiger partial charge on any atom is -0.321 e. The zero-order chi connectivity index (χ0) is 14.8. The van der Waals surface area contributed by atoms with E-state index >= 15 is 0 Å². The maximum atomic E-state index is 12.1. The van der Waals surface area contributed by atoms with Crippen LogP contribution in [0.4, 0.5) is 11.4 Å². The summed E-state index contributed by atoms with van der Waals surface area (Å²) in [4.78, 5) is 26.3. The Labute approximate surface area is 118 Å². The summed E-state index contributed by atoms with van der Waals surface area (Å²) < 4.78 is 0. The van der Waals surface area contributed by atoms with Gasteiger partial charge in [-0.15, -0.1) is 0 Å². The number of amides is 1. The van der Waals surface area contributed by atoms with Gasteiger partial charge in [0.25, 0.3) is 11.6 Å². The number of anilines is 1. The molecule has 3 aromatic rings. The molecule has 0 radical (unpaired) electrons. The fourth-order valence-electron chi connectivity index (χ4n) is 1.89. The first-order valence-corrected chi connectivity index (χ1v) is 5.99. The van der Waals surface area contributed by atoms with Gasteiger partial charge in [-0.1, -0.05) is 0 Å². The molecule has 0 aliphatic rings. The Morgan fingerprint density at radius 2 is 2.00 bits per heavy atom. The molecule has 21 heavy (non-hydrogen) atoms. The van der Waals surface area contributed by atoms with Gasteiger partial charge in [-0.3, -0.25) is 20.0 Å². The quantitative estimate of drug-likeness (QED) is 0.564. The van der Waals surface area contributed by atoms with Gasteiger partial charge in [-0.2, -0.15) is 5.10 Å². The van der Waals surface area contributed by atoms with Crippen molar-refractivity contribution in [2.75, 3.05) is 5.32 Å². The zero-order valence-corrected chi connectivity index (χ0v) is 10.6. The Morgan fingerprint density at radius 3 is 2.71 bits per heavy atom. The van der Waals surface area contributed by atoms with Crippen molar-refractivity contribution < 1.29 is 9.72 Å². The third-order valence-electron chi connectivity index (χ3n) is 2.94. The Hall–Kier alpha value is -3.29. The third kappa shape index (κ3) is 2.41. The van der Waals surface area contributed by atoms with Gasteiger partial charge in [-0.25, -0.2) is 4.98 Å². The van der Waals surface area contributed by atoms with E-state index in [4.69, 9.17) is 0 Å². The van der Waals surface area contributed by atoms with Crippen LogP contribution in [0.3, 0.4) is 0 Å². The lowest BCUT2D eigenvalue weighted by molar-refractivity contribution is -0.384. The molecule has 2 heterocycles. The number of nitrogens with zero attached hydrogens (tertiary/aromatic N) is 3. The molecule has 8 nitrogen and oxygen atoms in total. The number of nitrogens with one attached hydrogen (secondary N) is 2. The number of aromatic nitrogens is 3. The number of hydrogen-bond donors (Lipinski definition) is 2. The van der Waals surface area contributed by atoms with Crippen LogP contribution in [0.25, 0.3) is 11.0 Å². The molecular weight excluding hydrogens is 274 g/mol. The highest BCUT2D eigenvalue weighted by atomic mass is 16.6. The molecule has 1 amide bonds. The number of hydrogen-bond acceptors (Lipinski definition) is 5. The van der Waals surface area contributed by atoms with Crippen LogP contribution in [-0.4, -0.2) is 26.0 Å². The molecule has 0 saturated heterocycles. The molecule has 0 saturated carbocycles. The van der Waals surface area contributed by atoms with E-state index in [2.05, 4.69) is 20.5 Å². The SMILES string of the molecule is O=C(Nc1ccnc2[nH]ncc12)c1ccc([N+](=O)[O-])cc1. The number of nitro groups is 1. The minimum absolute atomic E-state index is 0.0623. The highest BCUT2D eigenvalue weighted by Crippen LogP contribution is 2.20. The summed E-state index contributed by atoms with van der Waals surface area (Å²) in [6.45, 7) is 0. The summed E-state index contributed by atoms with van der Waals surface area (Å²) in [6.07, 6.45) is 3.11. The van der Waals surface area contributed by atoms with Gasteiger partial charge in [0.2, 0.25) is 0 Å². The van der Waals surface area contributed by atoms with E-state index in [0.717, 1.165) is 0 Å². The molecule has 0 aliphatic carbocycles. The molecule has 0 aliphatic heterocycles. The molecule has 3 rings (SSSR count). The van der Waals surface area contributed by atoms with E-state index < -0.39 is 4.92 Å². The number of H-pyrrole nitrogens is 1. The largest absolute Gasteiger partial charge is 0.321 e. The van der Waals surface area contributed by atoms with E-state index in [1.54, 1.807) is 18.5 Å². The first kappa shape index (κ1) is 12.7. The number of benzene rings is 1. The summed E-state index contributed by atoms with van der Waals surface area (Å²) in [6, 6.07) is 7.04. The summed E-state index contributed by atoms with van der Waals surface area (Å²) in [5.74, 6) is -0.362. The number of rotatable bonds is 3. The molecule has 0 atom stereocenters. The first-order chi connectivity index (χ1) is 10.1. The van der Waals surface area contributed by atoms with Crippen LogP contribution in [0, 0.1) is 10.1 Å². The van der Waals surface area contributed by atoms with Crippen molar-refractivity contribution in [3.63, 3.8) is 0 Å². The van der Waals surface area contributed by atoms with Gasteiger partial charge in [0, 0.05) is 23.9 Å². The predicted molar refractivity (Wildman–Crippen MR) is 74.9 cm³/mol. The number of fused-ring (bicyclic) bond motifs is 1. The summed E-state index contributed by atoms with van der Waals surface area (Å²) in [7, 11) is 0. The number of carbonyl (C=O) groups excluding carboxylic acids is 1. The van der Waals surface area contributed by atoms with E-state index in [9.17, 15) is 14.9 Å². The number of non-ortho nitro benzene ring substituents is 1. The smallest absolute Gasteiger partial charge is 0.269 e. The number of aromatic amines is 1. The molecule has 0 bridgehead atoms. The normalized spacial score (nSPS) is 10.5. The molecule has 0 spiro atoms. The summed E-state index contributed by atoms with van der Waals surface area (Å²) in [5.41, 5.74) is 1.40. The van der Waals surface area contributed by atoms with Crippen LogP contribution in [0.2, 0.25) is 0 Å². The van der Waals surface area contributed by atoms with Crippen molar-refractivity contribution in [1.29, 1.82) is 0 Å². The average Bonchev–Trinajstić information content (AvgIpc) is 2.97. The van der Waals surface area contributed by atoms with Crippen LogP contribution in [0.5, 0.6) is 0 Å². The maximum absolute atomic E-state index is 12.1. The molecule has 1 aromatic carbocycles. The van der Waals surface area contributed by atoms with Crippen molar-refractivity contribution in [1.82, 2.24) is 15.2 Å². The number of carbonyl (C=O) groups is 1. The molecule has 0 fully saturated rings.